The van der Waals surface area contributed by atoms with E-state index in [-0.39, 0.29) is 18.4 Å². The molecule has 1 fully saturated rings. The number of aryl methyl sites for hydroxylation is 1. The number of hydrogen-bond acceptors (Lipinski definition) is 5. The molecule has 1 aliphatic heterocycles. The summed E-state index contributed by atoms with van der Waals surface area (Å²) < 4.78 is 15.2. The van der Waals surface area contributed by atoms with Gasteiger partial charge >= 0.3 is 0 Å². The summed E-state index contributed by atoms with van der Waals surface area (Å²) in [6, 6.07) is 17.7. The molecule has 2 aromatic carbocycles. The Hall–Kier alpha value is -3.56. The maximum atomic E-state index is 13.3. The summed E-state index contributed by atoms with van der Waals surface area (Å²) in [5, 5.41) is 8.35. The summed E-state index contributed by atoms with van der Waals surface area (Å²) >= 11 is 1.46. The molecule has 0 unspecified atom stereocenters. The third kappa shape index (κ3) is 4.57. The predicted octanol–water partition coefficient (Wildman–Crippen LogP) is 3.93. The number of nitrogens with zero attached hydrogens (tertiary/aromatic N) is 4. The Morgan fingerprint density at radius 1 is 1.03 bits per heavy atom. The molecule has 1 saturated heterocycles. The topological polar surface area (TPSA) is 70.5 Å². The molecule has 4 aromatic rings. The van der Waals surface area contributed by atoms with Gasteiger partial charge in [0, 0.05) is 37.3 Å². The monoisotopic (exact) mass is 477 g/mol. The molecule has 174 valence electrons. The second-order valence-corrected chi connectivity index (χ2v) is 9.32. The summed E-state index contributed by atoms with van der Waals surface area (Å²) in [5.41, 5.74) is 2.29. The number of aromatic nitrogens is 2. The molecular formula is C25H24FN5O2S. The van der Waals surface area contributed by atoms with Crippen LogP contribution in [0.1, 0.15) is 15.4 Å². The van der Waals surface area contributed by atoms with Crippen LogP contribution in [-0.4, -0.2) is 64.1 Å². The summed E-state index contributed by atoms with van der Waals surface area (Å²) in [4.78, 5) is 31.0. The Morgan fingerprint density at radius 2 is 1.79 bits per heavy atom. The summed E-state index contributed by atoms with van der Waals surface area (Å²) in [6.07, 6.45) is 0. The first-order valence-corrected chi connectivity index (χ1v) is 11.9. The second kappa shape index (κ2) is 9.36. The van der Waals surface area contributed by atoms with E-state index in [0.29, 0.717) is 36.7 Å². The lowest BCUT2D eigenvalue weighted by molar-refractivity contribution is -0.117. The minimum atomic E-state index is -0.391. The van der Waals surface area contributed by atoms with E-state index in [9.17, 15) is 14.0 Å². The van der Waals surface area contributed by atoms with E-state index in [1.807, 2.05) is 57.8 Å². The zero-order valence-corrected chi connectivity index (χ0v) is 19.5. The molecule has 1 N–H and O–H groups in total. The van der Waals surface area contributed by atoms with Crippen LogP contribution in [0.15, 0.2) is 60.7 Å². The van der Waals surface area contributed by atoms with E-state index in [4.69, 9.17) is 0 Å². The van der Waals surface area contributed by atoms with Crippen LogP contribution in [0.2, 0.25) is 0 Å². The molecule has 34 heavy (non-hydrogen) atoms. The molecule has 0 saturated carbocycles. The van der Waals surface area contributed by atoms with Gasteiger partial charge in [-0.15, -0.1) is 11.3 Å². The van der Waals surface area contributed by atoms with Gasteiger partial charge in [-0.2, -0.15) is 5.10 Å². The first-order valence-electron chi connectivity index (χ1n) is 11.1. The fraction of sp³-hybridized carbons (Fsp3) is 0.240. The molecule has 0 bridgehead atoms. The maximum Gasteiger partial charge on any atom is 0.264 e. The number of piperazine rings is 1. The number of amides is 2. The van der Waals surface area contributed by atoms with Gasteiger partial charge in [-0.1, -0.05) is 24.3 Å². The van der Waals surface area contributed by atoms with Crippen LogP contribution in [0.4, 0.5) is 10.1 Å². The van der Waals surface area contributed by atoms with Crippen LogP contribution in [0.3, 0.4) is 0 Å². The normalized spacial score (nSPS) is 14.5. The Morgan fingerprint density at radius 3 is 2.53 bits per heavy atom. The van der Waals surface area contributed by atoms with Crippen LogP contribution in [0.25, 0.3) is 15.9 Å². The van der Waals surface area contributed by atoms with Crippen LogP contribution in [0, 0.1) is 12.7 Å². The van der Waals surface area contributed by atoms with Crippen molar-refractivity contribution in [2.24, 2.45) is 0 Å². The number of para-hydroxylation sites is 1. The first-order chi connectivity index (χ1) is 16.5. The number of rotatable bonds is 5. The van der Waals surface area contributed by atoms with Crippen molar-refractivity contribution >= 4 is 39.1 Å². The molecule has 0 aliphatic carbocycles. The SMILES string of the molecule is Cc1nn(-c2ccccc2)c2sc(C(=O)N3CCN(CC(=O)Nc4cccc(F)c4)CC3)cc12. The number of thiophene rings is 1. The van der Waals surface area contributed by atoms with Gasteiger partial charge in [-0.3, -0.25) is 14.5 Å². The zero-order valence-electron chi connectivity index (χ0n) is 18.7. The Labute approximate surface area is 200 Å². The largest absolute Gasteiger partial charge is 0.335 e. The number of anilines is 1. The fourth-order valence-electron chi connectivity index (χ4n) is 4.13. The van der Waals surface area contributed by atoms with E-state index >= 15 is 0 Å². The van der Waals surface area contributed by atoms with Crippen LogP contribution in [0.5, 0.6) is 0 Å². The van der Waals surface area contributed by atoms with Crippen LogP contribution in [-0.2, 0) is 4.79 Å². The van der Waals surface area contributed by atoms with Gasteiger partial charge < -0.3 is 10.2 Å². The van der Waals surface area contributed by atoms with Crippen molar-refractivity contribution in [1.82, 2.24) is 19.6 Å². The molecule has 0 radical (unpaired) electrons. The van der Waals surface area contributed by atoms with Gasteiger partial charge in [0.15, 0.2) is 0 Å². The van der Waals surface area contributed by atoms with Gasteiger partial charge in [0.25, 0.3) is 5.91 Å². The number of nitrogens with one attached hydrogen (secondary N) is 1. The van der Waals surface area contributed by atoms with Crippen molar-refractivity contribution in [2.75, 3.05) is 38.0 Å². The Kier molecular flexibility index (Phi) is 6.12. The average molecular weight is 478 g/mol. The molecule has 7 nitrogen and oxygen atoms in total. The lowest BCUT2D eigenvalue weighted by Crippen LogP contribution is -2.50. The van der Waals surface area contributed by atoms with Crippen LogP contribution >= 0.6 is 11.3 Å². The molecule has 2 amide bonds. The van der Waals surface area contributed by atoms with Crippen molar-refractivity contribution in [2.45, 2.75) is 6.92 Å². The van der Waals surface area contributed by atoms with Crippen molar-refractivity contribution < 1.29 is 14.0 Å². The number of halogens is 1. The maximum absolute atomic E-state index is 13.3. The summed E-state index contributed by atoms with van der Waals surface area (Å²) in [5.74, 6) is -0.585. The summed E-state index contributed by atoms with van der Waals surface area (Å²) in [7, 11) is 0. The van der Waals surface area contributed by atoms with Gasteiger partial charge in [-0.25, -0.2) is 9.07 Å². The molecule has 1 aliphatic rings. The highest BCUT2D eigenvalue weighted by Crippen LogP contribution is 2.31. The minimum Gasteiger partial charge on any atom is -0.335 e. The molecule has 5 rings (SSSR count). The molecule has 9 heteroatoms. The predicted molar refractivity (Wildman–Crippen MR) is 131 cm³/mol. The highest BCUT2D eigenvalue weighted by atomic mass is 32.1. The Balaban J connectivity index is 1.21. The van der Waals surface area contributed by atoms with Crippen molar-refractivity contribution in [3.63, 3.8) is 0 Å². The fourth-order valence-corrected chi connectivity index (χ4v) is 5.28. The zero-order chi connectivity index (χ0) is 23.7. The van der Waals surface area contributed by atoms with Crippen molar-refractivity contribution in [3.05, 3.63) is 77.1 Å². The number of fused-ring (bicyclic) bond motifs is 1. The standard InChI is InChI=1S/C25H24FN5O2S/c1-17-21-15-22(34-25(21)31(28-17)20-8-3-2-4-9-20)24(33)30-12-10-29(11-13-30)16-23(32)27-19-7-5-6-18(26)14-19/h2-9,14-15H,10-13,16H2,1H3,(H,27,32). The van der Waals surface area contributed by atoms with Crippen LogP contribution < -0.4 is 5.32 Å². The van der Waals surface area contributed by atoms with Gasteiger partial charge in [0.1, 0.15) is 10.6 Å². The first kappa shape index (κ1) is 22.2. The second-order valence-electron chi connectivity index (χ2n) is 8.29. The number of hydrogen-bond donors (Lipinski definition) is 1. The number of carbonyl (C=O) groups excluding carboxylic acids is 2. The average Bonchev–Trinajstić information content (AvgIpc) is 3.40. The van der Waals surface area contributed by atoms with E-state index in [1.165, 1.54) is 23.5 Å². The molecule has 3 heterocycles. The smallest absolute Gasteiger partial charge is 0.264 e. The summed E-state index contributed by atoms with van der Waals surface area (Å²) in [6.45, 7) is 4.45. The van der Waals surface area contributed by atoms with E-state index < -0.39 is 5.82 Å². The molecule has 2 aromatic heterocycles. The van der Waals surface area contributed by atoms with E-state index in [0.717, 1.165) is 21.6 Å². The minimum absolute atomic E-state index is 0.00377. The van der Waals surface area contributed by atoms with Gasteiger partial charge in [0.05, 0.1) is 22.8 Å². The molecule has 0 spiro atoms. The highest BCUT2D eigenvalue weighted by Gasteiger charge is 2.26. The van der Waals surface area contributed by atoms with Gasteiger partial charge in [-0.05, 0) is 43.3 Å². The van der Waals surface area contributed by atoms with Crippen molar-refractivity contribution in [3.8, 4) is 5.69 Å². The molecular weight excluding hydrogens is 453 g/mol. The van der Waals surface area contributed by atoms with Gasteiger partial charge in [0.2, 0.25) is 5.91 Å². The Bertz CT molecular complexity index is 1340. The number of carbonyl (C=O) groups is 2. The van der Waals surface area contributed by atoms with E-state index in [2.05, 4.69) is 10.4 Å². The lowest BCUT2D eigenvalue weighted by atomic mass is 10.2. The van der Waals surface area contributed by atoms with E-state index in [1.54, 1.807) is 12.1 Å². The lowest BCUT2D eigenvalue weighted by Gasteiger charge is -2.34. The van der Waals surface area contributed by atoms with Crippen molar-refractivity contribution in [1.29, 1.82) is 0 Å². The highest BCUT2D eigenvalue weighted by molar-refractivity contribution is 7.20. The molecule has 0 atom stereocenters. The third-order valence-electron chi connectivity index (χ3n) is 5.89. The number of benzene rings is 2. The quantitative estimate of drug-likeness (QED) is 0.473. The third-order valence-corrected chi connectivity index (χ3v) is 6.99.